The molecule has 0 bridgehead atoms. The largest absolute Gasteiger partial charge is 0.481 e. The maximum atomic E-state index is 13.0. The van der Waals surface area contributed by atoms with Gasteiger partial charge in [-0.15, -0.1) is 0 Å². The Labute approximate surface area is 225 Å². The lowest BCUT2D eigenvalue weighted by Crippen LogP contribution is -2.38. The number of aliphatic carboxylic acids is 1. The van der Waals surface area contributed by atoms with E-state index in [-0.39, 0.29) is 42.7 Å². The molecule has 0 spiro atoms. The zero-order chi connectivity index (χ0) is 28.2. The van der Waals surface area contributed by atoms with Crippen molar-refractivity contribution < 1.29 is 19.5 Å². The van der Waals surface area contributed by atoms with Gasteiger partial charge in [0.05, 0.1) is 25.1 Å². The number of nitrogens with zero attached hydrogens (tertiary/aromatic N) is 2. The van der Waals surface area contributed by atoms with Gasteiger partial charge in [-0.2, -0.15) is 0 Å². The molecule has 0 aromatic rings. The first-order valence-corrected chi connectivity index (χ1v) is 16.0. The molecule has 0 saturated carbocycles. The van der Waals surface area contributed by atoms with E-state index in [2.05, 4.69) is 55.9 Å². The van der Waals surface area contributed by atoms with Crippen molar-refractivity contribution in [2.75, 3.05) is 31.1 Å². The van der Waals surface area contributed by atoms with Gasteiger partial charge in [0.15, 0.2) is 0 Å². The van der Waals surface area contributed by atoms with Crippen LogP contribution in [0.15, 0.2) is 52.3 Å². The van der Waals surface area contributed by atoms with Gasteiger partial charge in [0, 0.05) is 6.54 Å². The SMILES string of the molecule is C\C=C(/C=C\C(=C/C)C(CCC(C)(C)CC)N1C(=O)C=NC1=CCS(C)(C)C)CC(=O)NCCC(=O)O. The molecule has 8 heteroatoms. The van der Waals surface area contributed by atoms with Crippen LogP contribution in [-0.2, 0) is 14.4 Å². The Bertz CT molecular complexity index is 968. The van der Waals surface area contributed by atoms with Crippen LogP contribution in [0.4, 0.5) is 0 Å². The molecule has 37 heavy (non-hydrogen) atoms. The second kappa shape index (κ2) is 15.0. The van der Waals surface area contributed by atoms with E-state index >= 15 is 0 Å². The maximum absolute atomic E-state index is 13.0. The number of carbonyl (C=O) groups is 3. The zero-order valence-corrected chi connectivity index (χ0v) is 24.8. The lowest BCUT2D eigenvalue weighted by atomic mass is 9.82. The predicted octanol–water partition coefficient (Wildman–Crippen LogP) is 5.45. The lowest BCUT2D eigenvalue weighted by Gasteiger charge is -2.33. The fourth-order valence-electron chi connectivity index (χ4n) is 3.71. The molecular formula is C29H47N3O4S. The third kappa shape index (κ3) is 12.0. The average Bonchev–Trinajstić information content (AvgIpc) is 3.18. The minimum Gasteiger partial charge on any atom is -0.481 e. The molecule has 0 aliphatic carbocycles. The molecule has 7 nitrogen and oxygen atoms in total. The minimum absolute atomic E-state index is 0.104. The highest BCUT2D eigenvalue weighted by atomic mass is 32.3. The van der Waals surface area contributed by atoms with Crippen molar-refractivity contribution in [1.82, 2.24) is 10.2 Å². The minimum atomic E-state index is -0.945. The van der Waals surface area contributed by atoms with Crippen LogP contribution in [-0.4, -0.2) is 71.1 Å². The normalized spacial score (nSPS) is 17.7. The van der Waals surface area contributed by atoms with Crippen LogP contribution >= 0.6 is 10.0 Å². The lowest BCUT2D eigenvalue weighted by molar-refractivity contribution is -0.137. The second-order valence-electron chi connectivity index (χ2n) is 11.0. The molecule has 208 valence electrons. The van der Waals surface area contributed by atoms with Crippen LogP contribution in [0.1, 0.15) is 66.7 Å². The fourth-order valence-corrected chi connectivity index (χ4v) is 4.36. The molecule has 0 aromatic heterocycles. The van der Waals surface area contributed by atoms with Crippen LogP contribution in [0.3, 0.4) is 0 Å². The molecule has 2 amide bonds. The topological polar surface area (TPSA) is 99.1 Å². The third-order valence-electron chi connectivity index (χ3n) is 6.53. The zero-order valence-electron chi connectivity index (χ0n) is 24.0. The maximum Gasteiger partial charge on any atom is 0.305 e. The number of rotatable bonds is 15. The Morgan fingerprint density at radius 2 is 1.86 bits per heavy atom. The van der Waals surface area contributed by atoms with Crippen molar-refractivity contribution in [1.29, 1.82) is 0 Å². The summed E-state index contributed by atoms with van der Waals surface area (Å²) in [4.78, 5) is 42.3. The summed E-state index contributed by atoms with van der Waals surface area (Å²) < 4.78 is 0. The standard InChI is InChI=1S/C29H47N3O4S/c1-9-22(20-26(33)30-18-15-28(35)36)12-13-23(10-2)24(14-17-29(4,5)11-3)32-25(31-21-27(32)34)16-19-37(6,7)8/h9-10,12-13,16,21,24H,11,14-15,17-20H2,1-8H3,(H,30,33)(H,35,36)/b13-12-,22-9+,23-10+,25-16?. The Hall–Kier alpha value is -2.61. The summed E-state index contributed by atoms with van der Waals surface area (Å²) >= 11 is 0. The Balaban J connectivity index is 3.21. The first-order valence-electron chi connectivity index (χ1n) is 12.9. The molecule has 1 aliphatic heterocycles. The molecule has 0 radical (unpaired) electrons. The molecule has 2 N–H and O–H groups in total. The number of aliphatic imine (C=N–C) groups is 1. The van der Waals surface area contributed by atoms with E-state index in [9.17, 15) is 14.4 Å². The first-order chi connectivity index (χ1) is 17.2. The van der Waals surface area contributed by atoms with Crippen molar-refractivity contribution in [3.05, 3.63) is 47.3 Å². The monoisotopic (exact) mass is 533 g/mol. The van der Waals surface area contributed by atoms with E-state index < -0.39 is 16.0 Å². The highest BCUT2D eigenvalue weighted by Crippen LogP contribution is 2.36. The summed E-state index contributed by atoms with van der Waals surface area (Å²) in [6.45, 7) is 10.6. The molecule has 0 saturated heterocycles. The summed E-state index contributed by atoms with van der Waals surface area (Å²) in [5.41, 5.74) is 1.95. The number of amides is 2. The van der Waals surface area contributed by atoms with Crippen molar-refractivity contribution in [3.8, 4) is 0 Å². The second-order valence-corrected chi connectivity index (χ2v) is 15.5. The Morgan fingerprint density at radius 1 is 1.19 bits per heavy atom. The molecule has 1 rings (SSSR count). The third-order valence-corrected chi connectivity index (χ3v) is 7.69. The summed E-state index contributed by atoms with van der Waals surface area (Å²) in [6, 6.07) is -0.175. The van der Waals surface area contributed by atoms with E-state index in [1.54, 1.807) is 0 Å². The fraction of sp³-hybridized carbons (Fsp3) is 0.586. The van der Waals surface area contributed by atoms with Crippen LogP contribution in [0.25, 0.3) is 0 Å². The summed E-state index contributed by atoms with van der Waals surface area (Å²) in [5, 5.41) is 11.4. The van der Waals surface area contributed by atoms with Crippen LogP contribution in [0.2, 0.25) is 0 Å². The van der Waals surface area contributed by atoms with Crippen LogP contribution in [0, 0.1) is 5.41 Å². The number of hydrogen-bond acceptors (Lipinski definition) is 4. The Morgan fingerprint density at radius 3 is 2.41 bits per heavy atom. The number of carboxylic acids is 1. The van der Waals surface area contributed by atoms with E-state index in [4.69, 9.17) is 5.11 Å². The molecule has 0 aromatic carbocycles. The summed E-state index contributed by atoms with van der Waals surface area (Å²) in [5.74, 6) is 0.325. The Kier molecular flexibility index (Phi) is 13.1. The molecule has 1 atom stereocenters. The number of hydrogen-bond donors (Lipinski definition) is 2. The quantitative estimate of drug-likeness (QED) is 0.274. The van der Waals surface area contributed by atoms with Crippen molar-refractivity contribution in [2.45, 2.75) is 72.8 Å². The van der Waals surface area contributed by atoms with Crippen LogP contribution in [0.5, 0.6) is 0 Å². The molecule has 1 heterocycles. The smallest absolute Gasteiger partial charge is 0.305 e. The van der Waals surface area contributed by atoms with Gasteiger partial charge in [-0.3, -0.25) is 19.3 Å². The first kappa shape index (κ1) is 32.4. The van der Waals surface area contributed by atoms with Crippen LogP contribution < -0.4 is 5.32 Å². The van der Waals surface area contributed by atoms with Gasteiger partial charge < -0.3 is 10.4 Å². The summed E-state index contributed by atoms with van der Waals surface area (Å²) in [7, 11) is -0.786. The summed E-state index contributed by atoms with van der Waals surface area (Å²) in [6.07, 6.45) is 20.9. The van der Waals surface area contributed by atoms with Gasteiger partial charge in [0.1, 0.15) is 5.82 Å². The molecular weight excluding hydrogens is 486 g/mol. The molecule has 1 aliphatic rings. The van der Waals surface area contributed by atoms with Gasteiger partial charge in [-0.05, 0) is 73.8 Å². The van der Waals surface area contributed by atoms with Gasteiger partial charge in [0.2, 0.25) is 5.91 Å². The van der Waals surface area contributed by atoms with E-state index in [1.807, 2.05) is 43.1 Å². The van der Waals surface area contributed by atoms with Gasteiger partial charge in [0.25, 0.3) is 5.91 Å². The van der Waals surface area contributed by atoms with E-state index in [0.29, 0.717) is 5.82 Å². The van der Waals surface area contributed by atoms with Crippen molar-refractivity contribution >= 4 is 34.0 Å². The molecule has 0 fully saturated rings. The average molecular weight is 534 g/mol. The van der Waals surface area contributed by atoms with Gasteiger partial charge >= 0.3 is 5.97 Å². The highest BCUT2D eigenvalue weighted by molar-refractivity contribution is 8.32. The number of carbonyl (C=O) groups excluding carboxylic acids is 2. The van der Waals surface area contributed by atoms with Gasteiger partial charge in [-0.25, -0.2) is 15.0 Å². The predicted molar refractivity (Wildman–Crippen MR) is 157 cm³/mol. The van der Waals surface area contributed by atoms with Gasteiger partial charge in [-0.1, -0.05) is 51.5 Å². The number of carboxylic acid groups (broad SMARTS) is 1. The highest BCUT2D eigenvalue weighted by Gasteiger charge is 2.32. The molecule has 1 unspecified atom stereocenters. The van der Waals surface area contributed by atoms with E-state index in [0.717, 1.165) is 36.2 Å². The van der Waals surface area contributed by atoms with E-state index in [1.165, 1.54) is 6.21 Å². The number of allylic oxidation sites excluding steroid dienone is 3. The van der Waals surface area contributed by atoms with Crippen molar-refractivity contribution in [3.63, 3.8) is 0 Å². The van der Waals surface area contributed by atoms with Crippen molar-refractivity contribution in [2.24, 2.45) is 10.4 Å². The number of nitrogens with one attached hydrogen (secondary N) is 1.